The molecule has 4 rings (SSSR count). The number of hydrogen-bond acceptors (Lipinski definition) is 3. The molecule has 0 N–H and O–H groups in total. The van der Waals surface area contributed by atoms with E-state index < -0.39 is 0 Å². The third-order valence-electron chi connectivity index (χ3n) is 4.76. The van der Waals surface area contributed by atoms with Crippen molar-refractivity contribution in [2.24, 2.45) is 10.2 Å². The third kappa shape index (κ3) is 4.12. The molecule has 0 bridgehead atoms. The Morgan fingerprint density at radius 3 is 2.46 bits per heavy atom. The average molecular weight is 386 g/mol. The Bertz CT molecular complexity index is 1170. The Balaban J connectivity index is 1.72. The summed E-state index contributed by atoms with van der Waals surface area (Å²) in [6.07, 6.45) is 2.87. The van der Waals surface area contributed by atoms with Crippen molar-refractivity contribution < 1.29 is 0 Å². The van der Waals surface area contributed by atoms with E-state index in [-0.39, 0.29) is 0 Å². The first-order chi connectivity index (χ1) is 13.7. The van der Waals surface area contributed by atoms with Crippen LogP contribution in [0.15, 0.2) is 83.0 Å². The molecule has 0 amide bonds. The molecule has 4 aromatic rings. The number of fused-ring (bicyclic) bond motifs is 1. The molecule has 0 spiro atoms. The highest BCUT2D eigenvalue weighted by Gasteiger charge is 2.07. The molecule has 28 heavy (non-hydrogen) atoms. The zero-order valence-corrected chi connectivity index (χ0v) is 17.0. The van der Waals surface area contributed by atoms with Crippen molar-refractivity contribution >= 4 is 27.8 Å². The molecule has 0 saturated carbocycles. The lowest BCUT2D eigenvalue weighted by molar-refractivity contribution is 0.789. The molecule has 4 heteroatoms. The van der Waals surface area contributed by atoms with E-state index in [1.165, 1.54) is 26.9 Å². The highest BCUT2D eigenvalue weighted by atomic mass is 32.1. The molecule has 0 aliphatic rings. The number of aryl methyl sites for hydroxylation is 2. The SMILES string of the molecule is CCc1ccc(/C=N\N=c2\sc3cc(C)ccc3n2Cc2ccccc2)cc1. The van der Waals surface area contributed by atoms with Crippen LogP contribution in [0.3, 0.4) is 0 Å². The Morgan fingerprint density at radius 1 is 0.929 bits per heavy atom. The number of thiazole rings is 1. The fraction of sp³-hybridized carbons (Fsp3) is 0.167. The van der Waals surface area contributed by atoms with Crippen molar-refractivity contribution in [1.29, 1.82) is 0 Å². The molecule has 0 unspecified atom stereocenters. The van der Waals surface area contributed by atoms with E-state index >= 15 is 0 Å². The second-order valence-electron chi connectivity index (χ2n) is 6.87. The van der Waals surface area contributed by atoms with E-state index in [1.54, 1.807) is 11.3 Å². The van der Waals surface area contributed by atoms with Gasteiger partial charge in [0.1, 0.15) is 0 Å². The average Bonchev–Trinajstić information content (AvgIpc) is 3.05. The van der Waals surface area contributed by atoms with Gasteiger partial charge in [-0.15, -0.1) is 5.10 Å². The zero-order chi connectivity index (χ0) is 19.3. The summed E-state index contributed by atoms with van der Waals surface area (Å²) in [5.74, 6) is 0. The largest absolute Gasteiger partial charge is 0.311 e. The molecule has 0 saturated heterocycles. The summed E-state index contributed by atoms with van der Waals surface area (Å²) < 4.78 is 3.48. The minimum atomic E-state index is 0.781. The summed E-state index contributed by atoms with van der Waals surface area (Å²) in [7, 11) is 0. The van der Waals surface area contributed by atoms with Crippen LogP contribution in [0.4, 0.5) is 0 Å². The topological polar surface area (TPSA) is 29.6 Å². The molecule has 0 atom stereocenters. The van der Waals surface area contributed by atoms with Crippen LogP contribution in [-0.4, -0.2) is 10.8 Å². The quantitative estimate of drug-likeness (QED) is 0.318. The summed E-state index contributed by atoms with van der Waals surface area (Å²) in [6, 6.07) is 25.5. The number of hydrogen-bond donors (Lipinski definition) is 0. The summed E-state index contributed by atoms with van der Waals surface area (Å²) in [6.45, 7) is 5.06. The van der Waals surface area contributed by atoms with Crippen LogP contribution in [0.2, 0.25) is 0 Å². The molecule has 3 nitrogen and oxygen atoms in total. The number of nitrogens with zero attached hydrogens (tertiary/aromatic N) is 3. The highest BCUT2D eigenvalue weighted by molar-refractivity contribution is 7.16. The number of aromatic nitrogens is 1. The van der Waals surface area contributed by atoms with Crippen molar-refractivity contribution in [1.82, 2.24) is 4.57 Å². The molecule has 140 valence electrons. The van der Waals surface area contributed by atoms with E-state index in [1.807, 2.05) is 12.3 Å². The maximum absolute atomic E-state index is 4.56. The molecule has 0 radical (unpaired) electrons. The van der Waals surface area contributed by atoms with Gasteiger partial charge in [-0.05, 0) is 47.7 Å². The minimum absolute atomic E-state index is 0.781. The first-order valence-electron chi connectivity index (χ1n) is 9.53. The second-order valence-corrected chi connectivity index (χ2v) is 7.88. The van der Waals surface area contributed by atoms with Gasteiger partial charge in [-0.3, -0.25) is 0 Å². The van der Waals surface area contributed by atoms with E-state index in [0.29, 0.717) is 0 Å². The van der Waals surface area contributed by atoms with Crippen LogP contribution < -0.4 is 4.80 Å². The Hall–Kier alpha value is -2.98. The van der Waals surface area contributed by atoms with Crippen molar-refractivity contribution in [3.8, 4) is 0 Å². The Morgan fingerprint density at radius 2 is 1.71 bits per heavy atom. The van der Waals surface area contributed by atoms with Gasteiger partial charge in [-0.25, -0.2) is 0 Å². The van der Waals surface area contributed by atoms with Gasteiger partial charge in [0.2, 0.25) is 4.80 Å². The normalized spacial score (nSPS) is 12.3. The molecule has 0 aliphatic heterocycles. The molecule has 0 aliphatic carbocycles. The van der Waals surface area contributed by atoms with E-state index in [4.69, 9.17) is 0 Å². The van der Waals surface area contributed by atoms with Crippen LogP contribution in [0.5, 0.6) is 0 Å². The van der Waals surface area contributed by atoms with Crippen LogP contribution in [0, 0.1) is 6.92 Å². The van der Waals surface area contributed by atoms with E-state index in [9.17, 15) is 0 Å². The second kappa shape index (κ2) is 8.36. The zero-order valence-electron chi connectivity index (χ0n) is 16.2. The smallest absolute Gasteiger partial charge is 0.211 e. The van der Waals surface area contributed by atoms with Gasteiger partial charge in [0, 0.05) is 0 Å². The fourth-order valence-corrected chi connectivity index (χ4v) is 4.25. The fourth-order valence-electron chi connectivity index (χ4n) is 3.16. The Labute approximate surface area is 169 Å². The lowest BCUT2D eigenvalue weighted by Crippen LogP contribution is -2.15. The third-order valence-corrected chi connectivity index (χ3v) is 5.79. The predicted octanol–water partition coefficient (Wildman–Crippen LogP) is 5.56. The Kier molecular flexibility index (Phi) is 5.49. The van der Waals surface area contributed by atoms with Gasteiger partial charge >= 0.3 is 0 Å². The maximum atomic E-state index is 4.56. The monoisotopic (exact) mass is 385 g/mol. The summed E-state index contributed by atoms with van der Waals surface area (Å²) in [5, 5.41) is 8.93. The molecule has 3 aromatic carbocycles. The van der Waals surface area contributed by atoms with Gasteiger partial charge in [0.05, 0.1) is 23.0 Å². The van der Waals surface area contributed by atoms with E-state index in [2.05, 4.69) is 95.3 Å². The summed E-state index contributed by atoms with van der Waals surface area (Å²) in [5.41, 5.74) is 6.10. The number of benzene rings is 3. The standard InChI is InChI=1S/C24H23N3S/c1-3-19-10-12-20(13-11-19)16-25-26-24-27(17-21-7-5-4-6-8-21)22-14-9-18(2)15-23(22)28-24/h4-16H,3,17H2,1-2H3/b25-16-,26-24+. The number of rotatable bonds is 5. The van der Waals surface area contributed by atoms with Crippen LogP contribution in [0.25, 0.3) is 10.2 Å². The van der Waals surface area contributed by atoms with Crippen molar-refractivity contribution in [3.05, 3.63) is 99.9 Å². The first kappa shape index (κ1) is 18.4. The van der Waals surface area contributed by atoms with Gasteiger partial charge in [0.25, 0.3) is 0 Å². The molecule has 0 fully saturated rings. The minimum Gasteiger partial charge on any atom is -0.311 e. The highest BCUT2D eigenvalue weighted by Crippen LogP contribution is 2.20. The maximum Gasteiger partial charge on any atom is 0.211 e. The van der Waals surface area contributed by atoms with Gasteiger partial charge < -0.3 is 4.57 Å². The molecule has 1 aromatic heterocycles. The predicted molar refractivity (Wildman–Crippen MR) is 119 cm³/mol. The summed E-state index contributed by atoms with van der Waals surface area (Å²) >= 11 is 1.68. The van der Waals surface area contributed by atoms with Gasteiger partial charge in [-0.1, -0.05) is 78.9 Å². The van der Waals surface area contributed by atoms with Gasteiger partial charge in [0.15, 0.2) is 0 Å². The first-order valence-corrected chi connectivity index (χ1v) is 10.3. The van der Waals surface area contributed by atoms with Gasteiger partial charge in [-0.2, -0.15) is 5.10 Å². The van der Waals surface area contributed by atoms with Crippen LogP contribution >= 0.6 is 11.3 Å². The van der Waals surface area contributed by atoms with E-state index in [0.717, 1.165) is 23.3 Å². The van der Waals surface area contributed by atoms with Crippen molar-refractivity contribution in [3.63, 3.8) is 0 Å². The van der Waals surface area contributed by atoms with Crippen LogP contribution in [-0.2, 0) is 13.0 Å². The lowest BCUT2D eigenvalue weighted by atomic mass is 10.1. The summed E-state index contributed by atoms with van der Waals surface area (Å²) in [4.78, 5) is 0.908. The lowest BCUT2D eigenvalue weighted by Gasteiger charge is -2.05. The van der Waals surface area contributed by atoms with Crippen molar-refractivity contribution in [2.75, 3.05) is 0 Å². The van der Waals surface area contributed by atoms with Crippen molar-refractivity contribution in [2.45, 2.75) is 26.8 Å². The molecular formula is C24H23N3S. The van der Waals surface area contributed by atoms with Crippen LogP contribution in [0.1, 0.15) is 29.2 Å². The molecule has 1 heterocycles. The molecular weight excluding hydrogens is 362 g/mol.